The van der Waals surface area contributed by atoms with E-state index in [9.17, 15) is 5.26 Å². The van der Waals surface area contributed by atoms with Crippen LogP contribution in [-0.2, 0) is 0 Å². The van der Waals surface area contributed by atoms with Crippen molar-refractivity contribution in [3.05, 3.63) is 70.9 Å². The van der Waals surface area contributed by atoms with E-state index in [0.29, 0.717) is 5.57 Å². The summed E-state index contributed by atoms with van der Waals surface area (Å²) in [7, 11) is 0. The van der Waals surface area contributed by atoms with Crippen molar-refractivity contribution in [2.24, 2.45) is 4.99 Å². The molecule has 3 heteroatoms. The zero-order valence-corrected chi connectivity index (χ0v) is 14.5. The van der Waals surface area contributed by atoms with Crippen molar-refractivity contribution in [1.82, 2.24) is 5.32 Å². The molecule has 0 saturated heterocycles. The van der Waals surface area contributed by atoms with Crippen LogP contribution in [0.2, 0.25) is 0 Å². The van der Waals surface area contributed by atoms with E-state index in [1.807, 2.05) is 48.5 Å². The Labute approximate surface area is 143 Å². The lowest BCUT2D eigenvalue weighted by Gasteiger charge is -2.24. The highest BCUT2D eigenvalue weighted by molar-refractivity contribution is 6.25. The Morgan fingerprint density at radius 1 is 0.958 bits per heavy atom. The average Bonchev–Trinajstić information content (AvgIpc) is 2.81. The predicted molar refractivity (Wildman–Crippen MR) is 99.2 cm³/mol. The number of hydrogen-bond donors (Lipinski definition) is 1. The van der Waals surface area contributed by atoms with Gasteiger partial charge >= 0.3 is 0 Å². The number of allylic oxidation sites excluding steroid dienone is 2. The molecule has 0 amide bonds. The van der Waals surface area contributed by atoms with Crippen LogP contribution in [0.25, 0.3) is 5.57 Å². The zero-order valence-electron chi connectivity index (χ0n) is 14.5. The first kappa shape index (κ1) is 16.0. The quantitative estimate of drug-likeness (QED) is 0.869. The van der Waals surface area contributed by atoms with E-state index < -0.39 is 0 Å². The maximum absolute atomic E-state index is 9.70. The van der Waals surface area contributed by atoms with E-state index in [-0.39, 0.29) is 5.54 Å². The van der Waals surface area contributed by atoms with Crippen molar-refractivity contribution in [3.63, 3.8) is 0 Å². The first-order chi connectivity index (χ1) is 11.4. The van der Waals surface area contributed by atoms with Gasteiger partial charge in [-0.15, -0.1) is 0 Å². The van der Waals surface area contributed by atoms with Crippen molar-refractivity contribution in [3.8, 4) is 6.07 Å². The molecule has 0 aromatic heterocycles. The summed E-state index contributed by atoms with van der Waals surface area (Å²) in [6.45, 7) is 8.31. The molecule has 120 valence electrons. The summed E-state index contributed by atoms with van der Waals surface area (Å²) < 4.78 is 0. The van der Waals surface area contributed by atoms with E-state index in [1.165, 1.54) is 5.56 Å². The summed E-state index contributed by atoms with van der Waals surface area (Å²) in [6.07, 6.45) is 0. The second-order valence-electron chi connectivity index (χ2n) is 7.08. The van der Waals surface area contributed by atoms with Gasteiger partial charge < -0.3 is 5.32 Å². The van der Waals surface area contributed by atoms with Crippen LogP contribution < -0.4 is 5.32 Å². The molecule has 1 aliphatic rings. The highest BCUT2D eigenvalue weighted by atomic mass is 15.0. The third-order valence-electron chi connectivity index (χ3n) is 3.83. The molecule has 0 atom stereocenters. The number of nitriles is 1. The monoisotopic (exact) mass is 315 g/mol. The summed E-state index contributed by atoms with van der Waals surface area (Å²) in [4.78, 5) is 4.85. The van der Waals surface area contributed by atoms with Gasteiger partial charge in [0.25, 0.3) is 0 Å². The Morgan fingerprint density at radius 3 is 2.17 bits per heavy atom. The number of aryl methyl sites for hydroxylation is 1. The molecule has 0 spiro atoms. The predicted octanol–water partition coefficient (Wildman–Crippen LogP) is 4.75. The Bertz CT molecular complexity index is 873. The minimum absolute atomic E-state index is 0.159. The van der Waals surface area contributed by atoms with Crippen LogP contribution in [0.4, 0.5) is 5.69 Å². The third-order valence-corrected chi connectivity index (χ3v) is 3.83. The van der Waals surface area contributed by atoms with E-state index in [2.05, 4.69) is 39.1 Å². The van der Waals surface area contributed by atoms with Crippen LogP contribution in [0.15, 0.2) is 59.2 Å². The van der Waals surface area contributed by atoms with Gasteiger partial charge in [0.2, 0.25) is 0 Å². The number of rotatable bonds is 2. The van der Waals surface area contributed by atoms with E-state index in [0.717, 1.165) is 28.2 Å². The molecule has 24 heavy (non-hydrogen) atoms. The molecule has 0 radical (unpaired) electrons. The number of hydrogen-bond acceptors (Lipinski definition) is 3. The smallest absolute Gasteiger partial charge is 0.102 e. The van der Waals surface area contributed by atoms with Crippen LogP contribution >= 0.6 is 0 Å². The number of benzene rings is 2. The van der Waals surface area contributed by atoms with Gasteiger partial charge in [0.15, 0.2) is 0 Å². The molecule has 2 aromatic rings. The van der Waals surface area contributed by atoms with Gasteiger partial charge in [0.1, 0.15) is 6.07 Å². The Balaban J connectivity index is 2.19. The normalized spacial score (nSPS) is 15.4. The standard InChI is InChI=1S/C21H21N3/c1-14-9-11-15(12-10-14)23-19-17-8-6-5-7-16(17)18(13-22)20(19)24-21(2,3)4/h5-12H,1-4H3,(H,23,24). The number of fused-ring (bicyclic) bond motifs is 1. The summed E-state index contributed by atoms with van der Waals surface area (Å²) in [5, 5.41) is 13.2. The lowest BCUT2D eigenvalue weighted by atomic mass is 10.1. The highest BCUT2D eigenvalue weighted by Crippen LogP contribution is 2.34. The summed E-state index contributed by atoms with van der Waals surface area (Å²) in [5.74, 6) is 0. The summed E-state index contributed by atoms with van der Waals surface area (Å²) in [5.41, 5.74) is 6.18. The summed E-state index contributed by atoms with van der Waals surface area (Å²) >= 11 is 0. The fourth-order valence-corrected chi connectivity index (χ4v) is 2.77. The SMILES string of the molecule is Cc1ccc(N=C2C(NC(C)(C)C)=C(C#N)c3ccccc32)cc1. The molecular weight excluding hydrogens is 294 g/mol. The van der Waals surface area contributed by atoms with Crippen LogP contribution in [0, 0.1) is 18.3 Å². The number of nitrogens with zero attached hydrogens (tertiary/aromatic N) is 2. The van der Waals surface area contributed by atoms with Crippen molar-refractivity contribution < 1.29 is 0 Å². The van der Waals surface area contributed by atoms with Gasteiger partial charge in [-0.25, -0.2) is 4.99 Å². The molecule has 0 fully saturated rings. The molecule has 3 rings (SSSR count). The Hall–Kier alpha value is -2.86. The average molecular weight is 315 g/mol. The minimum atomic E-state index is -0.159. The molecule has 0 unspecified atom stereocenters. The molecule has 0 aliphatic heterocycles. The third kappa shape index (κ3) is 3.09. The van der Waals surface area contributed by atoms with Crippen LogP contribution in [-0.4, -0.2) is 11.3 Å². The molecule has 0 saturated carbocycles. The van der Waals surface area contributed by atoms with Crippen molar-refractivity contribution in [2.45, 2.75) is 33.2 Å². The molecule has 2 aromatic carbocycles. The first-order valence-corrected chi connectivity index (χ1v) is 8.07. The van der Waals surface area contributed by atoms with Crippen LogP contribution in [0.1, 0.15) is 37.5 Å². The molecule has 0 bridgehead atoms. The fraction of sp³-hybridized carbons (Fsp3) is 0.238. The molecule has 1 N–H and O–H groups in total. The minimum Gasteiger partial charge on any atom is -0.378 e. The maximum Gasteiger partial charge on any atom is 0.102 e. The van der Waals surface area contributed by atoms with E-state index in [1.54, 1.807) is 0 Å². The number of aliphatic imine (C=N–C) groups is 1. The molecule has 3 nitrogen and oxygen atoms in total. The Kier molecular flexibility index (Phi) is 3.99. The zero-order chi connectivity index (χ0) is 17.3. The summed E-state index contributed by atoms with van der Waals surface area (Å²) in [6, 6.07) is 18.4. The second-order valence-corrected chi connectivity index (χ2v) is 7.08. The lowest BCUT2D eigenvalue weighted by molar-refractivity contribution is 0.484. The lowest BCUT2D eigenvalue weighted by Crippen LogP contribution is -2.37. The first-order valence-electron chi connectivity index (χ1n) is 8.07. The van der Waals surface area contributed by atoms with Gasteiger partial charge in [-0.05, 0) is 39.8 Å². The highest BCUT2D eigenvalue weighted by Gasteiger charge is 2.30. The van der Waals surface area contributed by atoms with Gasteiger partial charge in [-0.1, -0.05) is 42.0 Å². The van der Waals surface area contributed by atoms with Crippen molar-refractivity contribution in [1.29, 1.82) is 5.26 Å². The van der Waals surface area contributed by atoms with Gasteiger partial charge in [0, 0.05) is 16.7 Å². The van der Waals surface area contributed by atoms with Crippen LogP contribution in [0.3, 0.4) is 0 Å². The fourth-order valence-electron chi connectivity index (χ4n) is 2.77. The molecule has 0 heterocycles. The van der Waals surface area contributed by atoms with Crippen molar-refractivity contribution in [2.75, 3.05) is 0 Å². The van der Waals surface area contributed by atoms with E-state index >= 15 is 0 Å². The van der Waals surface area contributed by atoms with Crippen LogP contribution in [0.5, 0.6) is 0 Å². The Morgan fingerprint density at radius 2 is 1.58 bits per heavy atom. The van der Waals surface area contributed by atoms with E-state index in [4.69, 9.17) is 4.99 Å². The van der Waals surface area contributed by atoms with Gasteiger partial charge in [0.05, 0.1) is 22.7 Å². The maximum atomic E-state index is 9.70. The molecular formula is C21H21N3. The number of nitrogens with one attached hydrogen (secondary N) is 1. The van der Waals surface area contributed by atoms with Gasteiger partial charge in [-0.3, -0.25) is 0 Å². The second kappa shape index (κ2) is 5.98. The topological polar surface area (TPSA) is 48.2 Å². The largest absolute Gasteiger partial charge is 0.378 e. The van der Waals surface area contributed by atoms with Gasteiger partial charge in [-0.2, -0.15) is 5.26 Å². The molecule has 1 aliphatic carbocycles. The van der Waals surface area contributed by atoms with Crippen molar-refractivity contribution >= 4 is 17.0 Å².